The van der Waals surface area contributed by atoms with Crippen LogP contribution in [0.5, 0.6) is 5.75 Å². The molecule has 2 N–H and O–H groups in total. The van der Waals surface area contributed by atoms with Gasteiger partial charge in [0.2, 0.25) is 0 Å². The molecule has 5 nitrogen and oxygen atoms in total. The van der Waals surface area contributed by atoms with E-state index in [2.05, 4.69) is 4.98 Å². The minimum atomic E-state index is -0.546. The lowest BCUT2D eigenvalue weighted by Crippen LogP contribution is -2.32. The van der Waals surface area contributed by atoms with E-state index in [0.29, 0.717) is 0 Å². The number of benzene rings is 1. The van der Waals surface area contributed by atoms with Gasteiger partial charge in [-0.2, -0.15) is 0 Å². The molecule has 18 heavy (non-hydrogen) atoms. The number of aryl methyl sites for hydroxylation is 1. The van der Waals surface area contributed by atoms with Gasteiger partial charge >= 0.3 is 5.97 Å². The molecule has 0 saturated carbocycles. The number of hydrogen-bond donors (Lipinski definition) is 2. The fourth-order valence-electron chi connectivity index (χ4n) is 1.75. The molecule has 0 aliphatic carbocycles. The van der Waals surface area contributed by atoms with Crippen LogP contribution in [0.4, 0.5) is 0 Å². The predicted molar refractivity (Wildman–Crippen MR) is 63.9 cm³/mol. The van der Waals surface area contributed by atoms with Gasteiger partial charge in [-0.05, 0) is 19.1 Å². The molecule has 1 unspecified atom stereocenters. The van der Waals surface area contributed by atoms with Gasteiger partial charge in [0, 0.05) is 0 Å². The van der Waals surface area contributed by atoms with Crippen LogP contribution in [-0.2, 0) is 11.8 Å². The molecule has 0 saturated heterocycles. The zero-order valence-corrected chi connectivity index (χ0v) is 10.3. The van der Waals surface area contributed by atoms with E-state index in [9.17, 15) is 9.90 Å². The number of ether oxygens (including phenoxy) is 1. The van der Waals surface area contributed by atoms with Crippen molar-refractivity contribution in [3.63, 3.8) is 0 Å². The van der Waals surface area contributed by atoms with Crippen molar-refractivity contribution in [2.45, 2.75) is 13.0 Å². The first-order chi connectivity index (χ1) is 8.59. The first-order valence-electron chi connectivity index (χ1n) is 5.61. The van der Waals surface area contributed by atoms with E-state index in [1.165, 1.54) is 12.1 Å². The highest BCUT2D eigenvalue weighted by atomic mass is 16.5. The number of rotatable bonds is 3. The molecule has 0 aliphatic rings. The fourth-order valence-corrected chi connectivity index (χ4v) is 1.75. The number of nitrogens with one attached hydrogen (secondary N) is 1. The summed E-state index contributed by atoms with van der Waals surface area (Å²) < 4.78 is 7.13. The zero-order chi connectivity index (χ0) is 13.1. The molecule has 1 atom stereocenters. The first-order valence-corrected chi connectivity index (χ1v) is 5.61. The van der Waals surface area contributed by atoms with Crippen LogP contribution in [-0.4, -0.2) is 16.1 Å². The van der Waals surface area contributed by atoms with Crippen LogP contribution in [0.25, 0.3) is 0 Å². The second-order valence-electron chi connectivity index (χ2n) is 4.02. The number of esters is 1. The maximum Gasteiger partial charge on any atom is 0.342 e. The van der Waals surface area contributed by atoms with Crippen molar-refractivity contribution in [1.82, 2.24) is 4.98 Å². The molecule has 94 valence electrons. The van der Waals surface area contributed by atoms with E-state index in [0.717, 1.165) is 5.82 Å². The monoisotopic (exact) mass is 247 g/mol. The van der Waals surface area contributed by atoms with Crippen LogP contribution in [0.15, 0.2) is 36.7 Å². The van der Waals surface area contributed by atoms with E-state index in [-0.39, 0.29) is 11.3 Å². The van der Waals surface area contributed by atoms with Crippen molar-refractivity contribution >= 4 is 5.97 Å². The third kappa shape index (κ3) is 2.34. The molecule has 2 rings (SSSR count). The summed E-state index contributed by atoms with van der Waals surface area (Å²) in [4.78, 5) is 14.9. The van der Waals surface area contributed by atoms with Crippen molar-refractivity contribution in [3.8, 4) is 5.75 Å². The van der Waals surface area contributed by atoms with Gasteiger partial charge in [0.25, 0.3) is 5.82 Å². The number of aromatic nitrogens is 2. The number of hydrogen-bond acceptors (Lipinski definition) is 3. The first kappa shape index (κ1) is 12.2. The third-order valence-electron chi connectivity index (χ3n) is 2.70. The molecular formula is C13H15N2O3+. The number of imidazole rings is 1. The maximum atomic E-state index is 11.9. The molecule has 0 aliphatic heterocycles. The van der Waals surface area contributed by atoms with Crippen molar-refractivity contribution in [2.24, 2.45) is 7.05 Å². The van der Waals surface area contributed by atoms with Crippen molar-refractivity contribution < 1.29 is 19.2 Å². The van der Waals surface area contributed by atoms with E-state index in [4.69, 9.17) is 4.74 Å². The molecule has 1 heterocycles. The van der Waals surface area contributed by atoms with Gasteiger partial charge in [-0.15, -0.1) is 0 Å². The third-order valence-corrected chi connectivity index (χ3v) is 2.70. The molecule has 0 spiro atoms. The van der Waals surface area contributed by atoms with Gasteiger partial charge in [-0.3, -0.25) is 0 Å². The zero-order valence-electron chi connectivity index (χ0n) is 10.3. The number of nitrogens with zero attached hydrogens (tertiary/aromatic N) is 1. The number of H-pyrrole nitrogens is 1. The van der Waals surface area contributed by atoms with Crippen LogP contribution < -0.4 is 4.57 Å². The maximum absolute atomic E-state index is 11.9. The summed E-state index contributed by atoms with van der Waals surface area (Å²) in [5.41, 5.74) is 0.165. The minimum absolute atomic E-state index is 0.0782. The summed E-state index contributed by atoms with van der Waals surface area (Å²) in [6, 6.07) is 6.31. The summed E-state index contributed by atoms with van der Waals surface area (Å²) in [5.74, 6) is 0.152. The molecule has 0 fully saturated rings. The largest absolute Gasteiger partial charge is 0.507 e. The Kier molecular flexibility index (Phi) is 3.32. The minimum Gasteiger partial charge on any atom is -0.507 e. The van der Waals surface area contributed by atoms with Crippen LogP contribution >= 0.6 is 0 Å². The van der Waals surface area contributed by atoms with Gasteiger partial charge in [0.1, 0.15) is 23.7 Å². The summed E-state index contributed by atoms with van der Waals surface area (Å²) in [5, 5.41) is 9.57. The van der Waals surface area contributed by atoms with E-state index >= 15 is 0 Å². The number of phenolic OH excluding ortho intramolecular Hbond substituents is 1. The van der Waals surface area contributed by atoms with Crippen molar-refractivity contribution in [1.29, 1.82) is 0 Å². The Morgan fingerprint density at radius 1 is 1.44 bits per heavy atom. The normalized spacial score (nSPS) is 12.1. The van der Waals surface area contributed by atoms with Crippen LogP contribution in [0.2, 0.25) is 0 Å². The van der Waals surface area contributed by atoms with E-state index in [1.54, 1.807) is 25.3 Å². The van der Waals surface area contributed by atoms with Crippen molar-refractivity contribution in [3.05, 3.63) is 48.0 Å². The average Bonchev–Trinajstić information content (AvgIpc) is 2.76. The lowest BCUT2D eigenvalue weighted by molar-refractivity contribution is -0.681. The Balaban J connectivity index is 2.13. The van der Waals surface area contributed by atoms with Gasteiger partial charge in [-0.1, -0.05) is 12.1 Å². The summed E-state index contributed by atoms with van der Waals surface area (Å²) in [6.07, 6.45) is 3.18. The highest BCUT2D eigenvalue weighted by Gasteiger charge is 2.22. The molecule has 1 aromatic carbocycles. The molecular weight excluding hydrogens is 232 g/mol. The number of phenols is 1. The van der Waals surface area contributed by atoms with Gasteiger partial charge in [0.05, 0.1) is 7.05 Å². The second kappa shape index (κ2) is 4.91. The molecule has 1 aromatic heterocycles. The topological polar surface area (TPSA) is 66.2 Å². The number of para-hydroxylation sites is 1. The quantitative estimate of drug-likeness (QED) is 0.637. The van der Waals surface area contributed by atoms with Crippen LogP contribution in [0.3, 0.4) is 0 Å². The Bertz CT molecular complexity index is 563. The molecule has 0 radical (unpaired) electrons. The lowest BCUT2D eigenvalue weighted by atomic mass is 10.2. The molecule has 0 amide bonds. The van der Waals surface area contributed by atoms with E-state index in [1.807, 2.05) is 17.8 Å². The van der Waals surface area contributed by atoms with Gasteiger partial charge in [-0.25, -0.2) is 14.3 Å². The Morgan fingerprint density at radius 3 is 2.78 bits per heavy atom. The summed E-state index contributed by atoms with van der Waals surface area (Å²) >= 11 is 0. The van der Waals surface area contributed by atoms with Crippen LogP contribution in [0, 0.1) is 0 Å². The summed E-state index contributed by atoms with van der Waals surface area (Å²) in [6.45, 7) is 1.77. The smallest absolute Gasteiger partial charge is 0.342 e. The second-order valence-corrected chi connectivity index (χ2v) is 4.02. The Labute approximate surface area is 105 Å². The highest BCUT2D eigenvalue weighted by Crippen LogP contribution is 2.20. The fraction of sp³-hybridized carbons (Fsp3) is 0.231. The lowest BCUT2D eigenvalue weighted by Gasteiger charge is -2.10. The molecule has 2 aromatic rings. The highest BCUT2D eigenvalue weighted by molar-refractivity contribution is 5.92. The number of carbonyl (C=O) groups excluding carboxylic acids is 1. The Hall–Kier alpha value is -2.30. The van der Waals surface area contributed by atoms with Crippen molar-refractivity contribution in [2.75, 3.05) is 0 Å². The van der Waals surface area contributed by atoms with Gasteiger partial charge in [0.15, 0.2) is 6.10 Å². The number of aromatic amines is 1. The number of carbonyl (C=O) groups is 1. The molecule has 5 heteroatoms. The number of aromatic hydroxyl groups is 1. The van der Waals surface area contributed by atoms with E-state index < -0.39 is 12.1 Å². The van der Waals surface area contributed by atoms with Crippen LogP contribution in [0.1, 0.15) is 29.2 Å². The predicted octanol–water partition coefficient (Wildman–Crippen LogP) is 1.46. The van der Waals surface area contributed by atoms with Gasteiger partial charge < -0.3 is 9.84 Å². The molecule has 0 bridgehead atoms. The Morgan fingerprint density at radius 2 is 2.17 bits per heavy atom. The SMILES string of the molecule is CC(OC(=O)c1ccccc1O)c1[nH]cc[n+]1C. The standard InChI is InChI=1S/C13H14N2O3/c1-9(12-14-7-8-15(12)2)18-13(17)10-5-3-4-6-11(10)16/h3-9H,1-2H3,(H,16,17)/p+1. The summed E-state index contributed by atoms with van der Waals surface area (Å²) in [7, 11) is 1.86. The average molecular weight is 247 g/mol.